The van der Waals surface area contributed by atoms with Crippen LogP contribution in [0.5, 0.6) is 0 Å². The van der Waals surface area contributed by atoms with Crippen molar-refractivity contribution in [2.24, 2.45) is 0 Å². The minimum Gasteiger partial charge on any atom is -0.352 e. The van der Waals surface area contributed by atoms with Gasteiger partial charge in [-0.25, -0.2) is 9.97 Å². The topological polar surface area (TPSA) is 122 Å². The van der Waals surface area contributed by atoms with Crippen molar-refractivity contribution in [3.8, 4) is 11.5 Å². The van der Waals surface area contributed by atoms with E-state index < -0.39 is 0 Å². The molecule has 0 aromatic carbocycles. The molecule has 0 saturated carbocycles. The molecule has 0 spiro atoms. The minimum absolute atomic E-state index is 0.217. The first-order valence-corrected chi connectivity index (χ1v) is 7.07. The quantitative estimate of drug-likeness (QED) is 0.632. The predicted molar refractivity (Wildman–Crippen MR) is 80.1 cm³/mol. The van der Waals surface area contributed by atoms with Gasteiger partial charge in [0.2, 0.25) is 0 Å². The van der Waals surface area contributed by atoms with Crippen molar-refractivity contribution in [2.45, 2.75) is 12.8 Å². The lowest BCUT2D eigenvalue weighted by Gasteiger charge is -2.04. The third kappa shape index (κ3) is 3.90. The number of carbonyl (C=O) groups excluding carboxylic acids is 1. The van der Waals surface area contributed by atoms with Gasteiger partial charge in [-0.1, -0.05) is 11.3 Å². The van der Waals surface area contributed by atoms with Gasteiger partial charge in [-0.05, 0) is 18.6 Å². The molecule has 3 aromatic rings. The van der Waals surface area contributed by atoms with Gasteiger partial charge in [0.15, 0.2) is 11.6 Å². The van der Waals surface area contributed by atoms with E-state index in [2.05, 4.69) is 40.9 Å². The Labute approximate surface area is 131 Å². The summed E-state index contributed by atoms with van der Waals surface area (Å²) in [6.07, 6.45) is 6.02. The number of nitrogens with one attached hydrogen (secondary N) is 2. The van der Waals surface area contributed by atoms with E-state index in [0.717, 1.165) is 6.42 Å². The molecule has 2 N–H and O–H groups in total. The molecule has 3 heterocycles. The Morgan fingerprint density at radius 2 is 2.04 bits per heavy atom. The van der Waals surface area contributed by atoms with Gasteiger partial charge in [-0.15, -0.1) is 10.2 Å². The van der Waals surface area contributed by atoms with E-state index in [4.69, 9.17) is 0 Å². The van der Waals surface area contributed by atoms with E-state index in [1.54, 1.807) is 6.20 Å². The van der Waals surface area contributed by atoms with E-state index in [9.17, 15) is 4.79 Å². The normalized spacial score (nSPS) is 10.4. The van der Waals surface area contributed by atoms with Crippen LogP contribution in [0.1, 0.15) is 22.6 Å². The number of aryl methyl sites for hydroxylation is 1. The summed E-state index contributed by atoms with van der Waals surface area (Å²) in [6, 6.07) is 5.49. The van der Waals surface area contributed by atoms with Crippen LogP contribution in [0.4, 0.5) is 0 Å². The fourth-order valence-electron chi connectivity index (χ4n) is 1.91. The van der Waals surface area contributed by atoms with Crippen LogP contribution in [0.15, 0.2) is 36.8 Å². The number of carbonyl (C=O) groups is 1. The first-order chi connectivity index (χ1) is 11.3. The van der Waals surface area contributed by atoms with E-state index in [0.29, 0.717) is 35.9 Å². The van der Waals surface area contributed by atoms with Crippen molar-refractivity contribution >= 4 is 5.91 Å². The molecule has 9 nitrogen and oxygen atoms in total. The molecule has 9 heteroatoms. The summed E-state index contributed by atoms with van der Waals surface area (Å²) in [4.78, 5) is 24.5. The monoisotopic (exact) mass is 310 g/mol. The van der Waals surface area contributed by atoms with Crippen molar-refractivity contribution in [1.82, 2.24) is 40.9 Å². The Kier molecular flexibility index (Phi) is 4.58. The summed E-state index contributed by atoms with van der Waals surface area (Å²) in [5.74, 6) is 0.896. The highest BCUT2D eigenvalue weighted by atomic mass is 16.1. The molecule has 1 amide bonds. The number of amides is 1. The number of aromatic amines is 1. The standard InChI is InChI=1S/C14H14N8O/c23-14(16-7-3-5-12-19-21-22-20-12)10-8-17-13(18-9-10)11-4-1-2-6-15-11/h1-2,4,6,8-9H,3,5,7H2,(H,16,23)(H,19,20,21,22). The summed E-state index contributed by atoms with van der Waals surface area (Å²) < 4.78 is 0. The van der Waals surface area contributed by atoms with Gasteiger partial charge in [0.05, 0.1) is 5.56 Å². The number of hydrogen-bond donors (Lipinski definition) is 2. The molecule has 0 unspecified atom stereocenters. The number of tetrazole rings is 1. The van der Waals surface area contributed by atoms with Gasteiger partial charge in [0.25, 0.3) is 5.91 Å². The molecule has 116 valence electrons. The van der Waals surface area contributed by atoms with E-state index in [-0.39, 0.29) is 5.91 Å². The van der Waals surface area contributed by atoms with Gasteiger partial charge in [0.1, 0.15) is 5.69 Å². The van der Waals surface area contributed by atoms with Crippen molar-refractivity contribution in [1.29, 1.82) is 0 Å². The maximum Gasteiger partial charge on any atom is 0.254 e. The SMILES string of the molecule is O=C(NCCCc1nn[nH]n1)c1cnc(-c2ccccn2)nc1. The van der Waals surface area contributed by atoms with Gasteiger partial charge >= 0.3 is 0 Å². The minimum atomic E-state index is -0.217. The summed E-state index contributed by atoms with van der Waals surface area (Å²) in [7, 11) is 0. The molecule has 3 rings (SSSR count). The summed E-state index contributed by atoms with van der Waals surface area (Å²) in [5, 5.41) is 16.3. The van der Waals surface area contributed by atoms with Crippen LogP contribution in [0, 0.1) is 0 Å². The Bertz CT molecular complexity index is 742. The van der Waals surface area contributed by atoms with Gasteiger partial charge in [-0.2, -0.15) is 5.21 Å². The average Bonchev–Trinajstić information content (AvgIpc) is 3.13. The molecular weight excluding hydrogens is 296 g/mol. The summed E-state index contributed by atoms with van der Waals surface area (Å²) in [5.41, 5.74) is 1.07. The average molecular weight is 310 g/mol. The molecular formula is C14H14N8O. The third-order valence-corrected chi connectivity index (χ3v) is 3.06. The lowest BCUT2D eigenvalue weighted by molar-refractivity contribution is 0.0952. The second-order valence-corrected chi connectivity index (χ2v) is 4.70. The zero-order valence-corrected chi connectivity index (χ0v) is 12.2. The molecule has 0 saturated heterocycles. The molecule has 0 fully saturated rings. The highest BCUT2D eigenvalue weighted by molar-refractivity contribution is 5.93. The van der Waals surface area contributed by atoms with E-state index in [1.165, 1.54) is 12.4 Å². The van der Waals surface area contributed by atoms with Crippen molar-refractivity contribution in [3.05, 3.63) is 48.2 Å². The van der Waals surface area contributed by atoms with Crippen molar-refractivity contribution in [2.75, 3.05) is 6.54 Å². The highest BCUT2D eigenvalue weighted by Gasteiger charge is 2.08. The van der Waals surface area contributed by atoms with Crippen LogP contribution in [0.2, 0.25) is 0 Å². The molecule has 3 aromatic heterocycles. The van der Waals surface area contributed by atoms with Gasteiger partial charge in [-0.3, -0.25) is 9.78 Å². The lowest BCUT2D eigenvalue weighted by atomic mass is 10.2. The Hall–Kier alpha value is -3.23. The van der Waals surface area contributed by atoms with Crippen LogP contribution in [-0.4, -0.2) is 48.0 Å². The smallest absolute Gasteiger partial charge is 0.254 e. The largest absolute Gasteiger partial charge is 0.352 e. The van der Waals surface area contributed by atoms with Gasteiger partial charge < -0.3 is 5.32 Å². The van der Waals surface area contributed by atoms with Crippen LogP contribution in [-0.2, 0) is 6.42 Å². The van der Waals surface area contributed by atoms with Crippen LogP contribution < -0.4 is 5.32 Å². The number of pyridine rings is 1. The number of aromatic nitrogens is 7. The molecule has 0 aliphatic heterocycles. The Morgan fingerprint density at radius 3 is 2.74 bits per heavy atom. The summed E-state index contributed by atoms with van der Waals surface area (Å²) >= 11 is 0. The number of H-pyrrole nitrogens is 1. The second kappa shape index (κ2) is 7.16. The zero-order valence-electron chi connectivity index (χ0n) is 12.2. The first kappa shape index (κ1) is 14.7. The fraction of sp³-hybridized carbons (Fsp3) is 0.214. The molecule has 0 aliphatic rings. The molecule has 0 aliphatic carbocycles. The van der Waals surface area contributed by atoms with Crippen LogP contribution in [0.25, 0.3) is 11.5 Å². The molecule has 23 heavy (non-hydrogen) atoms. The fourth-order valence-corrected chi connectivity index (χ4v) is 1.91. The molecule has 0 radical (unpaired) electrons. The second-order valence-electron chi connectivity index (χ2n) is 4.70. The lowest BCUT2D eigenvalue weighted by Crippen LogP contribution is -2.25. The van der Waals surface area contributed by atoms with Crippen LogP contribution >= 0.6 is 0 Å². The summed E-state index contributed by atoms with van der Waals surface area (Å²) in [6.45, 7) is 0.509. The zero-order chi connectivity index (χ0) is 15.9. The van der Waals surface area contributed by atoms with E-state index >= 15 is 0 Å². The number of rotatable bonds is 6. The maximum atomic E-state index is 12.0. The van der Waals surface area contributed by atoms with Crippen molar-refractivity contribution < 1.29 is 4.79 Å². The third-order valence-electron chi connectivity index (χ3n) is 3.06. The van der Waals surface area contributed by atoms with Crippen LogP contribution in [0.3, 0.4) is 0 Å². The molecule has 0 atom stereocenters. The highest BCUT2D eigenvalue weighted by Crippen LogP contribution is 2.09. The number of nitrogens with zero attached hydrogens (tertiary/aromatic N) is 6. The van der Waals surface area contributed by atoms with Crippen molar-refractivity contribution in [3.63, 3.8) is 0 Å². The van der Waals surface area contributed by atoms with E-state index in [1.807, 2.05) is 18.2 Å². The Morgan fingerprint density at radius 1 is 1.17 bits per heavy atom. The predicted octanol–water partition coefficient (Wildman–Crippen LogP) is 0.414. The first-order valence-electron chi connectivity index (χ1n) is 7.07. The Balaban J connectivity index is 1.51. The van der Waals surface area contributed by atoms with Gasteiger partial charge in [0, 0.05) is 31.6 Å². The molecule has 0 bridgehead atoms. The number of hydrogen-bond acceptors (Lipinski definition) is 7. The maximum absolute atomic E-state index is 12.0.